The van der Waals surface area contributed by atoms with Gasteiger partial charge in [0.15, 0.2) is 11.6 Å². The van der Waals surface area contributed by atoms with Crippen LogP contribution in [0.5, 0.6) is 0 Å². The minimum atomic E-state index is -0.297. The summed E-state index contributed by atoms with van der Waals surface area (Å²) in [4.78, 5) is 16.6. The Morgan fingerprint density at radius 3 is 2.74 bits per heavy atom. The van der Waals surface area contributed by atoms with Crippen LogP contribution in [-0.4, -0.2) is 61.8 Å². The van der Waals surface area contributed by atoms with Gasteiger partial charge in [0.25, 0.3) is 0 Å². The van der Waals surface area contributed by atoms with E-state index in [1.165, 1.54) is 0 Å². The second kappa shape index (κ2) is 5.72. The second-order valence-corrected chi connectivity index (χ2v) is 6.87. The summed E-state index contributed by atoms with van der Waals surface area (Å²) in [5, 5.41) is 18.5. The van der Waals surface area contributed by atoms with E-state index in [1.54, 1.807) is 0 Å². The molecule has 1 aliphatic carbocycles. The predicted molar refractivity (Wildman–Crippen MR) is 83.3 cm³/mol. The van der Waals surface area contributed by atoms with E-state index in [9.17, 15) is 9.90 Å². The number of carbonyl (C=O) groups excluding carboxylic acids is 1. The lowest BCUT2D eigenvalue weighted by Crippen LogP contribution is -2.41. The summed E-state index contributed by atoms with van der Waals surface area (Å²) in [6.45, 7) is 2.67. The molecule has 0 bridgehead atoms. The van der Waals surface area contributed by atoms with Gasteiger partial charge in [0.2, 0.25) is 5.91 Å². The van der Waals surface area contributed by atoms with Gasteiger partial charge >= 0.3 is 0 Å². The molecule has 124 valence electrons. The van der Waals surface area contributed by atoms with Crippen molar-refractivity contribution in [3.63, 3.8) is 0 Å². The molecule has 1 saturated heterocycles. The van der Waals surface area contributed by atoms with Gasteiger partial charge in [-0.3, -0.25) is 9.69 Å². The number of aliphatic hydroxyl groups is 1. The van der Waals surface area contributed by atoms with Gasteiger partial charge < -0.3 is 14.6 Å². The van der Waals surface area contributed by atoms with Crippen LogP contribution in [0.4, 0.5) is 0 Å². The van der Waals surface area contributed by atoms with E-state index in [4.69, 9.17) is 0 Å². The van der Waals surface area contributed by atoms with Crippen molar-refractivity contribution in [2.45, 2.75) is 44.5 Å². The fourth-order valence-corrected chi connectivity index (χ4v) is 3.97. The number of likely N-dealkylation sites (N-methyl/N-ethyl adjacent to an activating group) is 1. The van der Waals surface area contributed by atoms with Crippen LogP contribution in [-0.2, 0) is 17.9 Å². The number of nitrogens with zero attached hydrogens (tertiary/aromatic N) is 5. The Bertz CT molecular complexity index is 632. The number of amides is 1. The molecule has 2 atom stereocenters. The molecule has 0 aromatic carbocycles. The van der Waals surface area contributed by atoms with Crippen LogP contribution in [0, 0.1) is 5.92 Å². The van der Waals surface area contributed by atoms with Crippen molar-refractivity contribution < 1.29 is 9.90 Å². The Hall–Kier alpha value is -1.73. The number of β-amino-alcohol motifs (C(OH)–C–C–N with tert-alkyl or cyclic N) is 1. The Kier molecular flexibility index (Phi) is 3.69. The fourth-order valence-electron chi connectivity index (χ4n) is 3.97. The molecule has 4 rings (SSSR count). The summed E-state index contributed by atoms with van der Waals surface area (Å²) in [5.74, 6) is 2.13. The van der Waals surface area contributed by atoms with E-state index >= 15 is 0 Å². The topological polar surface area (TPSA) is 74.5 Å². The first kappa shape index (κ1) is 14.8. The highest BCUT2D eigenvalue weighted by atomic mass is 16.3. The van der Waals surface area contributed by atoms with Crippen molar-refractivity contribution in [3.05, 3.63) is 23.8 Å². The van der Waals surface area contributed by atoms with Gasteiger partial charge in [0.05, 0.1) is 18.7 Å². The molecular weight excluding hydrogens is 294 g/mol. The molecule has 0 saturated carbocycles. The number of fused-ring (bicyclic) bond motifs is 1. The largest absolute Gasteiger partial charge is 0.392 e. The van der Waals surface area contributed by atoms with Crippen molar-refractivity contribution in [3.8, 4) is 0 Å². The number of allylic oxidation sites excluding steroid dienone is 2. The van der Waals surface area contributed by atoms with Crippen LogP contribution in [0.1, 0.15) is 37.0 Å². The molecule has 0 spiro atoms. The summed E-state index contributed by atoms with van der Waals surface area (Å²) in [6.07, 6.45) is 6.30. The minimum absolute atomic E-state index is 0.111. The smallest absolute Gasteiger partial charge is 0.226 e. The van der Waals surface area contributed by atoms with Crippen molar-refractivity contribution in [1.82, 2.24) is 24.6 Å². The van der Waals surface area contributed by atoms with Crippen LogP contribution in [0.2, 0.25) is 0 Å². The van der Waals surface area contributed by atoms with Crippen LogP contribution in [0.15, 0.2) is 12.2 Å². The lowest BCUT2D eigenvalue weighted by molar-refractivity contribution is -0.136. The molecule has 0 radical (unpaired) electrons. The van der Waals surface area contributed by atoms with Crippen molar-refractivity contribution in [2.24, 2.45) is 5.92 Å². The molecule has 0 unspecified atom stereocenters. The van der Waals surface area contributed by atoms with Gasteiger partial charge in [-0.05, 0) is 26.3 Å². The summed E-state index contributed by atoms with van der Waals surface area (Å²) in [6, 6.07) is 0.118. The van der Waals surface area contributed by atoms with Crippen LogP contribution < -0.4 is 0 Å². The Morgan fingerprint density at radius 1 is 1.26 bits per heavy atom. The van der Waals surface area contributed by atoms with E-state index in [1.807, 2.05) is 11.9 Å². The van der Waals surface area contributed by atoms with E-state index in [0.29, 0.717) is 26.1 Å². The summed E-state index contributed by atoms with van der Waals surface area (Å²) in [5.41, 5.74) is 0. The second-order valence-electron chi connectivity index (χ2n) is 6.87. The standard InChI is InChI=1S/C16H23N5O2/c1-19-9-12(22)8-13(19)15-18-17-14-10-20(6-7-21(14)15)16(23)11-4-2-3-5-11/h2-3,11-13,22H,4-10H2,1H3/t12-,13+/m1/s1. The average molecular weight is 317 g/mol. The number of carbonyl (C=O) groups is 1. The van der Waals surface area contributed by atoms with E-state index in [-0.39, 0.29) is 24.0 Å². The lowest BCUT2D eigenvalue weighted by Gasteiger charge is -2.31. The molecule has 1 aromatic heterocycles. The number of hydrogen-bond donors (Lipinski definition) is 1. The summed E-state index contributed by atoms with van der Waals surface area (Å²) < 4.78 is 2.13. The average Bonchev–Trinajstić information content (AvgIpc) is 3.25. The minimum Gasteiger partial charge on any atom is -0.392 e. The number of likely N-dealkylation sites (tertiary alicyclic amines) is 1. The zero-order valence-electron chi connectivity index (χ0n) is 13.4. The van der Waals surface area contributed by atoms with Gasteiger partial charge in [-0.1, -0.05) is 12.2 Å². The molecule has 7 nitrogen and oxygen atoms in total. The molecule has 7 heteroatoms. The first-order valence-electron chi connectivity index (χ1n) is 8.37. The maximum Gasteiger partial charge on any atom is 0.226 e. The van der Waals surface area contributed by atoms with Crippen LogP contribution in [0.3, 0.4) is 0 Å². The molecule has 3 heterocycles. The number of aromatic nitrogens is 3. The summed E-state index contributed by atoms with van der Waals surface area (Å²) >= 11 is 0. The molecule has 3 aliphatic rings. The first-order chi connectivity index (χ1) is 11.1. The van der Waals surface area contributed by atoms with Crippen LogP contribution >= 0.6 is 0 Å². The Morgan fingerprint density at radius 2 is 2.04 bits per heavy atom. The van der Waals surface area contributed by atoms with Crippen LogP contribution in [0.25, 0.3) is 0 Å². The molecule has 1 fully saturated rings. The van der Waals surface area contributed by atoms with Gasteiger partial charge in [-0.2, -0.15) is 0 Å². The zero-order valence-corrected chi connectivity index (χ0v) is 13.4. The van der Waals surface area contributed by atoms with Gasteiger partial charge in [-0.25, -0.2) is 0 Å². The first-order valence-corrected chi connectivity index (χ1v) is 8.37. The molecule has 1 amide bonds. The third-order valence-corrected chi connectivity index (χ3v) is 5.27. The van der Waals surface area contributed by atoms with E-state index < -0.39 is 0 Å². The maximum absolute atomic E-state index is 12.6. The zero-order chi connectivity index (χ0) is 16.0. The third kappa shape index (κ3) is 2.57. The highest BCUT2D eigenvalue weighted by molar-refractivity contribution is 5.79. The van der Waals surface area contributed by atoms with Gasteiger partial charge in [0.1, 0.15) is 0 Å². The Balaban J connectivity index is 1.50. The number of rotatable bonds is 2. The Labute approximate surface area is 135 Å². The molecule has 1 aromatic rings. The lowest BCUT2D eigenvalue weighted by atomic mass is 10.1. The van der Waals surface area contributed by atoms with E-state index in [0.717, 1.165) is 31.0 Å². The summed E-state index contributed by atoms with van der Waals surface area (Å²) in [7, 11) is 2.01. The quantitative estimate of drug-likeness (QED) is 0.796. The number of aliphatic hydroxyl groups excluding tert-OH is 1. The SMILES string of the molecule is CN1C[C@H](O)C[C@H]1c1nnc2n1CCN(C(=O)C1CC=CC1)C2. The van der Waals surface area contributed by atoms with Gasteiger partial charge in [-0.15, -0.1) is 10.2 Å². The van der Waals surface area contributed by atoms with Crippen molar-refractivity contribution in [1.29, 1.82) is 0 Å². The molecule has 1 N–H and O–H groups in total. The third-order valence-electron chi connectivity index (χ3n) is 5.27. The molecule has 23 heavy (non-hydrogen) atoms. The fraction of sp³-hybridized carbons (Fsp3) is 0.688. The van der Waals surface area contributed by atoms with E-state index in [2.05, 4.69) is 31.8 Å². The highest BCUT2D eigenvalue weighted by Crippen LogP contribution is 2.31. The monoisotopic (exact) mass is 317 g/mol. The normalized spacial score (nSPS) is 28.5. The highest BCUT2D eigenvalue weighted by Gasteiger charge is 2.35. The van der Waals surface area contributed by atoms with Gasteiger partial charge in [0, 0.05) is 25.6 Å². The predicted octanol–water partition coefficient (Wildman–Crippen LogP) is 0.324. The molecular formula is C16H23N5O2. The molecule has 2 aliphatic heterocycles. The number of hydrogen-bond acceptors (Lipinski definition) is 5. The van der Waals surface area contributed by atoms with Crippen molar-refractivity contribution in [2.75, 3.05) is 20.1 Å². The van der Waals surface area contributed by atoms with Crippen molar-refractivity contribution >= 4 is 5.91 Å². The maximum atomic E-state index is 12.6.